The number of halogens is 1. The molecule has 1 unspecified atom stereocenters. The molecule has 7 heteroatoms. The summed E-state index contributed by atoms with van der Waals surface area (Å²) in [6.07, 6.45) is 10.5. The quantitative estimate of drug-likeness (QED) is 0.448. The van der Waals surface area contributed by atoms with Gasteiger partial charge in [-0.05, 0) is 73.6 Å². The molecule has 1 N–H and O–H groups in total. The van der Waals surface area contributed by atoms with Gasteiger partial charge in [0.25, 0.3) is 0 Å². The van der Waals surface area contributed by atoms with Crippen LogP contribution in [0.5, 0.6) is 5.75 Å². The minimum atomic E-state index is -0.228. The summed E-state index contributed by atoms with van der Waals surface area (Å²) in [6, 6.07) is 10.7. The predicted molar refractivity (Wildman–Crippen MR) is 131 cm³/mol. The highest BCUT2D eigenvalue weighted by Gasteiger charge is 2.29. The number of pyridine rings is 2. The Labute approximate surface area is 198 Å². The summed E-state index contributed by atoms with van der Waals surface area (Å²) in [5.41, 5.74) is 3.33. The van der Waals surface area contributed by atoms with Gasteiger partial charge in [-0.1, -0.05) is 0 Å². The molecule has 6 nitrogen and oxygen atoms in total. The van der Waals surface area contributed by atoms with Crippen molar-refractivity contribution in [2.75, 3.05) is 32.8 Å². The molecule has 4 aromatic rings. The van der Waals surface area contributed by atoms with Gasteiger partial charge in [0.05, 0.1) is 18.3 Å². The van der Waals surface area contributed by atoms with E-state index < -0.39 is 0 Å². The molecule has 5 heterocycles. The van der Waals surface area contributed by atoms with Crippen LogP contribution in [-0.4, -0.2) is 57.8 Å². The molecular weight excluding hydrogens is 429 g/mol. The standard InChI is InChI=1S/C27H30FN5O/c28-21-3-5-22(6-4-21)34-18-19-2-1-13-33(17-19)32-14-9-20(10-15-32)23-7-11-29-25-16-31-27-24(26(23)25)8-12-30-27/h3-8,11-12,16,19-20,29H,1-2,9-10,13-15,17-18H2. The largest absolute Gasteiger partial charge is 0.493 e. The summed E-state index contributed by atoms with van der Waals surface area (Å²) in [6.45, 7) is 4.98. The van der Waals surface area contributed by atoms with Gasteiger partial charge in [-0.25, -0.2) is 24.4 Å². The lowest BCUT2D eigenvalue weighted by atomic mass is 9.87. The number of hydrazine groups is 1. The fraction of sp³-hybridized carbons (Fsp3) is 0.407. The second-order valence-electron chi connectivity index (χ2n) is 9.58. The summed E-state index contributed by atoms with van der Waals surface area (Å²) < 4.78 is 19.1. The number of nitrogens with one attached hydrogen (secondary N) is 1. The summed E-state index contributed by atoms with van der Waals surface area (Å²) in [7, 11) is 0. The summed E-state index contributed by atoms with van der Waals surface area (Å²) in [5, 5.41) is 7.52. The molecule has 0 aliphatic carbocycles. The van der Waals surface area contributed by atoms with Crippen LogP contribution in [0.2, 0.25) is 0 Å². The van der Waals surface area contributed by atoms with Gasteiger partial charge in [-0.3, -0.25) is 0 Å². The van der Waals surface area contributed by atoms with Crippen molar-refractivity contribution in [3.8, 4) is 5.75 Å². The summed E-state index contributed by atoms with van der Waals surface area (Å²) in [5.74, 6) is 1.55. The molecule has 3 aromatic heterocycles. The molecule has 1 aromatic carbocycles. The molecule has 0 spiro atoms. The van der Waals surface area contributed by atoms with Crippen LogP contribution < -0.4 is 4.74 Å². The molecule has 2 saturated heterocycles. The van der Waals surface area contributed by atoms with Crippen molar-refractivity contribution in [2.45, 2.75) is 31.6 Å². The zero-order valence-corrected chi connectivity index (χ0v) is 19.3. The molecule has 2 aliphatic heterocycles. The minimum Gasteiger partial charge on any atom is -0.493 e. The number of aromatic nitrogens is 3. The lowest BCUT2D eigenvalue weighted by Crippen LogP contribution is -2.51. The third-order valence-corrected chi connectivity index (χ3v) is 7.43. The van der Waals surface area contributed by atoms with E-state index in [1.54, 1.807) is 12.1 Å². The first-order valence-electron chi connectivity index (χ1n) is 12.3. The smallest absolute Gasteiger partial charge is 0.159 e. The van der Waals surface area contributed by atoms with E-state index in [0.717, 1.165) is 61.3 Å². The topological polar surface area (TPSA) is 57.3 Å². The molecular formula is C27H30FN5O. The van der Waals surface area contributed by atoms with Crippen LogP contribution in [0.15, 0.2) is 55.0 Å². The molecule has 2 aliphatic rings. The lowest BCUT2D eigenvalue weighted by molar-refractivity contribution is -0.0737. The zero-order chi connectivity index (χ0) is 22.9. The van der Waals surface area contributed by atoms with Crippen molar-refractivity contribution < 1.29 is 9.13 Å². The number of ether oxygens (including phenoxy) is 1. The maximum atomic E-state index is 13.1. The van der Waals surface area contributed by atoms with Crippen LogP contribution in [0.1, 0.15) is 37.2 Å². The molecule has 0 saturated carbocycles. The van der Waals surface area contributed by atoms with E-state index in [1.165, 1.54) is 35.9 Å². The van der Waals surface area contributed by atoms with Gasteiger partial charge >= 0.3 is 0 Å². The van der Waals surface area contributed by atoms with Crippen molar-refractivity contribution in [3.05, 3.63) is 66.4 Å². The van der Waals surface area contributed by atoms with Crippen molar-refractivity contribution in [1.29, 1.82) is 0 Å². The number of rotatable bonds is 5. The number of benzene rings is 1. The Morgan fingerprint density at radius 3 is 2.68 bits per heavy atom. The minimum absolute atomic E-state index is 0.228. The summed E-state index contributed by atoms with van der Waals surface area (Å²) in [4.78, 5) is 12.3. The predicted octanol–water partition coefficient (Wildman–Crippen LogP) is 5.14. The van der Waals surface area contributed by atoms with Gasteiger partial charge in [-0.15, -0.1) is 0 Å². The summed E-state index contributed by atoms with van der Waals surface area (Å²) >= 11 is 0. The molecule has 6 rings (SSSR count). The normalized spacial score (nSPS) is 20.8. The number of H-pyrrole nitrogens is 1. The van der Waals surface area contributed by atoms with E-state index in [0.29, 0.717) is 18.4 Å². The van der Waals surface area contributed by atoms with E-state index in [4.69, 9.17) is 4.74 Å². The Morgan fingerprint density at radius 1 is 0.971 bits per heavy atom. The monoisotopic (exact) mass is 459 g/mol. The Morgan fingerprint density at radius 2 is 1.82 bits per heavy atom. The molecule has 0 amide bonds. The average Bonchev–Trinajstić information content (AvgIpc) is 3.38. The third kappa shape index (κ3) is 4.26. The number of aromatic amines is 1. The van der Waals surface area contributed by atoms with Crippen molar-refractivity contribution in [1.82, 2.24) is 25.0 Å². The molecule has 0 bridgehead atoms. The number of hydrogen-bond acceptors (Lipinski definition) is 5. The van der Waals surface area contributed by atoms with E-state index in [9.17, 15) is 4.39 Å². The van der Waals surface area contributed by atoms with Gasteiger partial charge < -0.3 is 9.72 Å². The highest BCUT2D eigenvalue weighted by atomic mass is 19.1. The van der Waals surface area contributed by atoms with Gasteiger partial charge in [0.2, 0.25) is 0 Å². The van der Waals surface area contributed by atoms with Crippen molar-refractivity contribution >= 4 is 21.9 Å². The SMILES string of the molecule is Fc1ccc(OCC2CCCN(N3CCC(c4cc[nH]c5cnc6nccc6c45)CC3)C2)cc1. The number of piperidine rings is 2. The molecule has 0 radical (unpaired) electrons. The Bertz CT molecular complexity index is 1270. The van der Waals surface area contributed by atoms with Crippen LogP contribution in [0.4, 0.5) is 4.39 Å². The first kappa shape index (κ1) is 21.5. The van der Waals surface area contributed by atoms with E-state index in [-0.39, 0.29) is 5.82 Å². The second kappa shape index (κ2) is 9.31. The van der Waals surface area contributed by atoms with Crippen molar-refractivity contribution in [2.24, 2.45) is 5.92 Å². The third-order valence-electron chi connectivity index (χ3n) is 7.43. The lowest BCUT2D eigenvalue weighted by Gasteiger charge is -2.43. The highest BCUT2D eigenvalue weighted by Crippen LogP contribution is 2.36. The number of fused-ring (bicyclic) bond motifs is 3. The number of hydrogen-bond donors (Lipinski definition) is 1. The fourth-order valence-electron chi connectivity index (χ4n) is 5.67. The average molecular weight is 460 g/mol. The van der Waals surface area contributed by atoms with Gasteiger partial charge in [0.1, 0.15) is 11.6 Å². The van der Waals surface area contributed by atoms with Crippen LogP contribution in [0, 0.1) is 11.7 Å². The fourth-order valence-corrected chi connectivity index (χ4v) is 5.67. The Hall–Kier alpha value is -3.03. The molecule has 1 atom stereocenters. The van der Waals surface area contributed by atoms with Crippen molar-refractivity contribution in [3.63, 3.8) is 0 Å². The highest BCUT2D eigenvalue weighted by molar-refractivity contribution is 6.05. The van der Waals surface area contributed by atoms with E-state index in [1.807, 2.05) is 18.6 Å². The maximum Gasteiger partial charge on any atom is 0.159 e. The Kier molecular flexibility index (Phi) is 5.89. The number of nitrogens with zero attached hydrogens (tertiary/aromatic N) is 4. The Balaban J connectivity index is 1.10. The first-order chi connectivity index (χ1) is 16.7. The van der Waals surface area contributed by atoms with Gasteiger partial charge in [-0.2, -0.15) is 0 Å². The van der Waals surface area contributed by atoms with Crippen LogP contribution in [-0.2, 0) is 0 Å². The molecule has 2 fully saturated rings. The van der Waals surface area contributed by atoms with Gasteiger partial charge in [0, 0.05) is 55.3 Å². The van der Waals surface area contributed by atoms with Crippen LogP contribution in [0.3, 0.4) is 0 Å². The second-order valence-corrected chi connectivity index (χ2v) is 9.58. The van der Waals surface area contributed by atoms with E-state index >= 15 is 0 Å². The van der Waals surface area contributed by atoms with Crippen LogP contribution >= 0.6 is 0 Å². The molecule has 176 valence electrons. The van der Waals surface area contributed by atoms with Gasteiger partial charge in [0.15, 0.2) is 5.65 Å². The molecule has 34 heavy (non-hydrogen) atoms. The zero-order valence-electron chi connectivity index (χ0n) is 19.3. The van der Waals surface area contributed by atoms with E-state index in [2.05, 4.69) is 37.1 Å². The maximum absolute atomic E-state index is 13.1. The van der Waals surface area contributed by atoms with Crippen LogP contribution in [0.25, 0.3) is 21.9 Å². The first-order valence-corrected chi connectivity index (χ1v) is 12.3.